The van der Waals surface area contributed by atoms with Crippen molar-refractivity contribution in [2.75, 3.05) is 46.6 Å². The summed E-state index contributed by atoms with van der Waals surface area (Å²) < 4.78 is 10.3. The number of piperidine rings is 1. The van der Waals surface area contributed by atoms with Gasteiger partial charge in [0.15, 0.2) is 0 Å². The lowest BCUT2D eigenvalue weighted by atomic mass is 9.95. The maximum atomic E-state index is 9.88. The van der Waals surface area contributed by atoms with Gasteiger partial charge in [0.2, 0.25) is 0 Å². The maximum absolute atomic E-state index is 9.88. The Bertz CT molecular complexity index is 173. The van der Waals surface area contributed by atoms with Crippen molar-refractivity contribution in [3.63, 3.8) is 0 Å². The number of likely N-dealkylation sites (tertiary alicyclic amines) is 1. The van der Waals surface area contributed by atoms with Gasteiger partial charge in [-0.2, -0.15) is 0 Å². The summed E-state index contributed by atoms with van der Waals surface area (Å²) in [5.74, 6) is 0. The molecule has 0 saturated carbocycles. The zero-order valence-electron chi connectivity index (χ0n) is 9.87. The molecule has 0 amide bonds. The molecule has 1 unspecified atom stereocenters. The molecule has 1 N–H and O–H groups in total. The Morgan fingerprint density at radius 3 is 2.80 bits per heavy atom. The van der Waals surface area contributed by atoms with Crippen molar-refractivity contribution in [1.82, 2.24) is 4.90 Å². The number of aliphatic hydroxyl groups is 1. The Hall–Kier alpha value is -0.160. The molecule has 0 aromatic heterocycles. The quantitative estimate of drug-likeness (QED) is 0.658. The van der Waals surface area contributed by atoms with Crippen LogP contribution in [0.2, 0.25) is 0 Å². The first-order valence-corrected chi connectivity index (χ1v) is 5.65. The second-order valence-electron chi connectivity index (χ2n) is 4.48. The van der Waals surface area contributed by atoms with E-state index in [1.807, 2.05) is 6.92 Å². The normalized spacial score (nSPS) is 28.2. The van der Waals surface area contributed by atoms with Gasteiger partial charge in [-0.05, 0) is 26.3 Å². The Kier molecular flexibility index (Phi) is 5.53. The van der Waals surface area contributed by atoms with Gasteiger partial charge >= 0.3 is 0 Å². The molecule has 0 spiro atoms. The second-order valence-corrected chi connectivity index (χ2v) is 4.48. The van der Waals surface area contributed by atoms with Gasteiger partial charge in [0.25, 0.3) is 0 Å². The van der Waals surface area contributed by atoms with Crippen LogP contribution in [-0.4, -0.2) is 62.2 Å². The minimum atomic E-state index is -0.509. The number of rotatable bonds is 6. The fraction of sp³-hybridized carbons (Fsp3) is 1.00. The van der Waals surface area contributed by atoms with Crippen molar-refractivity contribution < 1.29 is 14.6 Å². The van der Waals surface area contributed by atoms with Crippen molar-refractivity contribution in [1.29, 1.82) is 0 Å². The van der Waals surface area contributed by atoms with Gasteiger partial charge in [0, 0.05) is 20.2 Å². The zero-order valence-corrected chi connectivity index (χ0v) is 9.87. The van der Waals surface area contributed by atoms with Crippen LogP contribution in [0, 0.1) is 0 Å². The third-order valence-corrected chi connectivity index (χ3v) is 2.74. The summed E-state index contributed by atoms with van der Waals surface area (Å²) in [6.45, 7) is 6.67. The first kappa shape index (κ1) is 12.9. The van der Waals surface area contributed by atoms with E-state index in [-0.39, 0.29) is 0 Å². The molecule has 4 heteroatoms. The highest BCUT2D eigenvalue weighted by Gasteiger charge is 2.27. The number of ether oxygens (including phenoxy) is 2. The van der Waals surface area contributed by atoms with E-state index in [2.05, 4.69) is 4.90 Å². The smallest absolute Gasteiger partial charge is 0.0746 e. The molecule has 0 bridgehead atoms. The molecule has 1 aliphatic heterocycles. The molecule has 0 radical (unpaired) electrons. The summed E-state index contributed by atoms with van der Waals surface area (Å²) in [5, 5.41) is 9.88. The highest BCUT2D eigenvalue weighted by Crippen LogP contribution is 2.19. The summed E-state index contributed by atoms with van der Waals surface area (Å²) in [6, 6.07) is 0. The maximum Gasteiger partial charge on any atom is 0.0746 e. The molecule has 1 saturated heterocycles. The minimum Gasteiger partial charge on any atom is -0.389 e. The van der Waals surface area contributed by atoms with Crippen molar-refractivity contribution in [2.45, 2.75) is 25.4 Å². The van der Waals surface area contributed by atoms with E-state index in [1.54, 1.807) is 7.11 Å². The average molecular weight is 217 g/mol. The molecule has 1 atom stereocenters. The van der Waals surface area contributed by atoms with Crippen LogP contribution in [0.25, 0.3) is 0 Å². The lowest BCUT2D eigenvalue weighted by Crippen LogP contribution is -2.47. The molecule has 1 heterocycles. The predicted molar refractivity (Wildman–Crippen MR) is 59.0 cm³/mol. The van der Waals surface area contributed by atoms with Crippen molar-refractivity contribution >= 4 is 0 Å². The van der Waals surface area contributed by atoms with Crippen LogP contribution in [0.3, 0.4) is 0 Å². The monoisotopic (exact) mass is 217 g/mol. The third kappa shape index (κ3) is 5.47. The second kappa shape index (κ2) is 6.43. The molecular formula is C11H23NO3. The fourth-order valence-electron chi connectivity index (χ4n) is 1.95. The van der Waals surface area contributed by atoms with Gasteiger partial charge in [0.05, 0.1) is 25.4 Å². The van der Waals surface area contributed by atoms with Crippen molar-refractivity contribution in [3.05, 3.63) is 0 Å². The molecule has 0 aromatic carbocycles. The first-order chi connectivity index (χ1) is 7.14. The van der Waals surface area contributed by atoms with Crippen LogP contribution in [-0.2, 0) is 9.47 Å². The predicted octanol–water partition coefficient (Wildman–Crippen LogP) is 0.496. The lowest BCUT2D eigenvalue weighted by Gasteiger charge is -2.36. The average Bonchev–Trinajstić information content (AvgIpc) is 2.16. The molecule has 1 fully saturated rings. The largest absolute Gasteiger partial charge is 0.389 e. The van der Waals surface area contributed by atoms with E-state index < -0.39 is 5.60 Å². The number of hydrogen-bond donors (Lipinski definition) is 1. The van der Waals surface area contributed by atoms with Crippen LogP contribution in [0.5, 0.6) is 0 Å². The SMILES string of the molecule is COCCOCCN1CCCC(C)(O)C1. The summed E-state index contributed by atoms with van der Waals surface area (Å²) in [5.41, 5.74) is -0.509. The van der Waals surface area contributed by atoms with Gasteiger partial charge in [-0.1, -0.05) is 0 Å². The molecule has 0 aromatic rings. The van der Waals surface area contributed by atoms with E-state index >= 15 is 0 Å². The van der Waals surface area contributed by atoms with Crippen LogP contribution < -0.4 is 0 Å². The topological polar surface area (TPSA) is 41.9 Å². The van der Waals surface area contributed by atoms with E-state index in [0.29, 0.717) is 13.2 Å². The number of methoxy groups -OCH3 is 1. The Morgan fingerprint density at radius 1 is 1.33 bits per heavy atom. The van der Waals surface area contributed by atoms with Crippen LogP contribution in [0.4, 0.5) is 0 Å². The third-order valence-electron chi connectivity index (χ3n) is 2.74. The van der Waals surface area contributed by atoms with E-state index in [1.165, 1.54) is 0 Å². The van der Waals surface area contributed by atoms with Gasteiger partial charge in [-0.15, -0.1) is 0 Å². The van der Waals surface area contributed by atoms with Gasteiger partial charge in [-0.3, -0.25) is 4.90 Å². The molecule has 1 rings (SSSR count). The molecule has 4 nitrogen and oxygen atoms in total. The molecule has 90 valence electrons. The van der Waals surface area contributed by atoms with Crippen LogP contribution in [0.1, 0.15) is 19.8 Å². The van der Waals surface area contributed by atoms with Gasteiger partial charge in [0.1, 0.15) is 0 Å². The highest BCUT2D eigenvalue weighted by atomic mass is 16.5. The summed E-state index contributed by atoms with van der Waals surface area (Å²) in [4.78, 5) is 2.26. The Labute approximate surface area is 92.2 Å². The van der Waals surface area contributed by atoms with E-state index in [9.17, 15) is 5.11 Å². The number of nitrogens with zero attached hydrogens (tertiary/aromatic N) is 1. The zero-order chi connectivity index (χ0) is 11.1. The summed E-state index contributed by atoms with van der Waals surface area (Å²) in [7, 11) is 1.67. The van der Waals surface area contributed by atoms with Gasteiger partial charge in [-0.25, -0.2) is 0 Å². The van der Waals surface area contributed by atoms with Crippen LogP contribution in [0.15, 0.2) is 0 Å². The first-order valence-electron chi connectivity index (χ1n) is 5.65. The fourth-order valence-corrected chi connectivity index (χ4v) is 1.95. The molecule has 1 aliphatic rings. The van der Waals surface area contributed by atoms with E-state index in [4.69, 9.17) is 9.47 Å². The minimum absolute atomic E-state index is 0.509. The lowest BCUT2D eigenvalue weighted by molar-refractivity contribution is -0.0258. The van der Waals surface area contributed by atoms with Crippen LogP contribution >= 0.6 is 0 Å². The van der Waals surface area contributed by atoms with Crippen molar-refractivity contribution in [3.8, 4) is 0 Å². The molecule has 0 aliphatic carbocycles. The number of β-amino-alcohol motifs (C(OH)–C–C–N with tert-alkyl or cyclic N) is 1. The standard InChI is InChI=1S/C11H23NO3/c1-11(13)4-3-5-12(10-11)6-7-15-9-8-14-2/h13H,3-10H2,1-2H3. The highest BCUT2D eigenvalue weighted by molar-refractivity contribution is 4.82. The Morgan fingerprint density at radius 2 is 2.13 bits per heavy atom. The Balaban J connectivity index is 2.05. The summed E-state index contributed by atoms with van der Waals surface area (Å²) >= 11 is 0. The summed E-state index contributed by atoms with van der Waals surface area (Å²) in [6.07, 6.45) is 1.99. The molecular weight excluding hydrogens is 194 g/mol. The van der Waals surface area contributed by atoms with Crippen molar-refractivity contribution in [2.24, 2.45) is 0 Å². The van der Waals surface area contributed by atoms with Gasteiger partial charge < -0.3 is 14.6 Å². The van der Waals surface area contributed by atoms with E-state index in [0.717, 1.165) is 39.1 Å². The molecule has 15 heavy (non-hydrogen) atoms. The number of hydrogen-bond acceptors (Lipinski definition) is 4.